The third-order valence-electron chi connectivity index (χ3n) is 1.10. The van der Waals surface area contributed by atoms with Crippen molar-refractivity contribution >= 4 is 5.91 Å². The highest BCUT2D eigenvalue weighted by molar-refractivity contribution is 5.79. The summed E-state index contributed by atoms with van der Waals surface area (Å²) in [5, 5.41) is 8.71. The van der Waals surface area contributed by atoms with E-state index in [-0.39, 0.29) is 6.54 Å². The number of carbonyl (C=O) groups is 1. The Morgan fingerprint density at radius 3 is 2.36 bits per heavy atom. The summed E-state index contributed by atoms with van der Waals surface area (Å²) in [6.07, 6.45) is -3.76. The summed E-state index contributed by atoms with van der Waals surface area (Å²) in [6.45, 7) is 1.36. The number of hydrogen-bond donors (Lipinski definition) is 1. The normalized spacial score (nSPS) is 13.3. The molecule has 1 N–H and O–H groups in total. The van der Waals surface area contributed by atoms with Crippen molar-refractivity contribution in [3.05, 3.63) is 0 Å². The van der Waals surface area contributed by atoms with Crippen LogP contribution in [0.2, 0.25) is 0 Å². The van der Waals surface area contributed by atoms with Crippen molar-refractivity contribution in [2.45, 2.75) is 19.5 Å². The highest BCUT2D eigenvalue weighted by Crippen LogP contribution is 1.98. The van der Waals surface area contributed by atoms with E-state index >= 15 is 0 Å². The first-order valence-corrected chi connectivity index (χ1v) is 3.16. The maximum atomic E-state index is 11.7. The van der Waals surface area contributed by atoms with E-state index in [0.717, 1.165) is 4.90 Å². The average Bonchev–Trinajstić information content (AvgIpc) is 1.84. The minimum atomic E-state index is -2.99. The number of carbonyl (C=O) groups excluding carboxylic acids is 1. The van der Waals surface area contributed by atoms with E-state index in [0.29, 0.717) is 0 Å². The molecule has 0 aromatic heterocycles. The number of aliphatic hydroxyl groups is 1. The molecule has 11 heavy (non-hydrogen) atoms. The number of alkyl halides is 2. The van der Waals surface area contributed by atoms with Gasteiger partial charge in [-0.3, -0.25) is 4.79 Å². The van der Waals surface area contributed by atoms with E-state index in [1.165, 1.54) is 14.0 Å². The van der Waals surface area contributed by atoms with Gasteiger partial charge in [-0.1, -0.05) is 0 Å². The zero-order valence-corrected chi connectivity index (χ0v) is 6.42. The van der Waals surface area contributed by atoms with E-state index < -0.39 is 18.4 Å². The van der Waals surface area contributed by atoms with Crippen molar-refractivity contribution < 1.29 is 18.7 Å². The first kappa shape index (κ1) is 10.3. The fourth-order valence-corrected chi connectivity index (χ4v) is 0.653. The Morgan fingerprint density at radius 1 is 1.64 bits per heavy atom. The summed E-state index contributed by atoms with van der Waals surface area (Å²) in [6, 6.07) is 0. The van der Waals surface area contributed by atoms with Gasteiger partial charge in [0, 0.05) is 13.6 Å². The molecule has 0 saturated carbocycles. The Hall–Kier alpha value is -0.710. The van der Waals surface area contributed by atoms with E-state index in [2.05, 4.69) is 0 Å². The van der Waals surface area contributed by atoms with E-state index in [1.807, 2.05) is 0 Å². The van der Waals surface area contributed by atoms with Crippen molar-refractivity contribution in [1.82, 2.24) is 4.90 Å². The van der Waals surface area contributed by atoms with Crippen LogP contribution in [-0.2, 0) is 4.79 Å². The number of nitrogens with zero attached hydrogens (tertiary/aromatic N) is 1. The molecule has 0 aliphatic rings. The summed E-state index contributed by atoms with van der Waals surface area (Å²) >= 11 is 0. The van der Waals surface area contributed by atoms with Gasteiger partial charge in [-0.25, -0.2) is 0 Å². The molecule has 5 heteroatoms. The number of halogens is 2. The van der Waals surface area contributed by atoms with Crippen molar-refractivity contribution in [3.8, 4) is 0 Å². The first-order valence-electron chi connectivity index (χ1n) is 3.16. The molecular formula is C6H11F2NO2. The molecule has 0 rings (SSSR count). The molecule has 0 bridgehead atoms. The molecule has 66 valence electrons. The van der Waals surface area contributed by atoms with Gasteiger partial charge in [0.1, 0.15) is 0 Å². The second kappa shape index (κ2) is 4.23. The summed E-state index contributed by atoms with van der Waals surface area (Å²) in [5.74, 6) is -1.26. The second-order valence-corrected chi connectivity index (χ2v) is 2.37. The molecule has 0 spiro atoms. The molecule has 0 fully saturated rings. The molecule has 0 unspecified atom stereocenters. The lowest BCUT2D eigenvalue weighted by Gasteiger charge is -2.17. The summed E-state index contributed by atoms with van der Waals surface area (Å²) in [4.78, 5) is 11.2. The molecule has 1 amide bonds. The van der Waals surface area contributed by atoms with Gasteiger partial charge >= 0.3 is 6.43 Å². The van der Waals surface area contributed by atoms with Crippen LogP contribution in [0.15, 0.2) is 0 Å². The third kappa shape index (κ3) is 3.87. The van der Waals surface area contributed by atoms with Gasteiger partial charge in [-0.15, -0.1) is 0 Å². The predicted molar refractivity (Wildman–Crippen MR) is 35.3 cm³/mol. The fraction of sp³-hybridized carbons (Fsp3) is 0.833. The van der Waals surface area contributed by atoms with Gasteiger partial charge in [0.25, 0.3) is 5.91 Å². The Bertz CT molecular complexity index is 139. The van der Waals surface area contributed by atoms with E-state index in [1.54, 1.807) is 0 Å². The standard InChI is InChI=1S/C6H11F2NO2/c1-4(10)3-9(2)6(11)5(7)8/h4-5,10H,3H2,1-2H3/t4-/m0/s1. The smallest absolute Gasteiger partial charge is 0.315 e. The number of rotatable bonds is 3. The van der Waals surface area contributed by atoms with Crippen LogP contribution in [0.25, 0.3) is 0 Å². The monoisotopic (exact) mass is 167 g/mol. The lowest BCUT2D eigenvalue weighted by Crippen LogP contribution is -2.36. The van der Waals surface area contributed by atoms with Crippen LogP contribution in [-0.4, -0.2) is 42.0 Å². The molecule has 3 nitrogen and oxygen atoms in total. The number of likely N-dealkylation sites (N-methyl/N-ethyl adjacent to an activating group) is 1. The lowest BCUT2D eigenvalue weighted by molar-refractivity contribution is -0.142. The van der Waals surface area contributed by atoms with Crippen LogP contribution in [0.1, 0.15) is 6.92 Å². The molecule has 0 saturated heterocycles. The van der Waals surface area contributed by atoms with Crippen LogP contribution >= 0.6 is 0 Å². The van der Waals surface area contributed by atoms with E-state index in [9.17, 15) is 13.6 Å². The zero-order chi connectivity index (χ0) is 9.02. The zero-order valence-electron chi connectivity index (χ0n) is 6.42. The molecule has 0 aliphatic carbocycles. The van der Waals surface area contributed by atoms with Gasteiger partial charge < -0.3 is 10.0 Å². The summed E-state index contributed by atoms with van der Waals surface area (Å²) in [5.41, 5.74) is 0. The molecule has 0 aliphatic heterocycles. The third-order valence-corrected chi connectivity index (χ3v) is 1.10. The Labute approximate surface area is 63.6 Å². The van der Waals surface area contributed by atoms with Crippen LogP contribution in [0.5, 0.6) is 0 Å². The maximum absolute atomic E-state index is 11.7. The van der Waals surface area contributed by atoms with Gasteiger partial charge in [0.05, 0.1) is 6.10 Å². The predicted octanol–water partition coefficient (Wildman–Crippen LogP) is 0.0907. The average molecular weight is 167 g/mol. The minimum absolute atomic E-state index is 0.0663. The van der Waals surface area contributed by atoms with Crippen LogP contribution in [0, 0.1) is 0 Å². The number of aliphatic hydroxyl groups excluding tert-OH is 1. The minimum Gasteiger partial charge on any atom is -0.392 e. The van der Waals surface area contributed by atoms with Crippen molar-refractivity contribution in [1.29, 1.82) is 0 Å². The Morgan fingerprint density at radius 2 is 2.09 bits per heavy atom. The largest absolute Gasteiger partial charge is 0.392 e. The highest BCUT2D eigenvalue weighted by atomic mass is 19.3. The maximum Gasteiger partial charge on any atom is 0.315 e. The summed E-state index contributed by atoms with van der Waals surface area (Å²) < 4.78 is 23.3. The van der Waals surface area contributed by atoms with Crippen molar-refractivity contribution in [3.63, 3.8) is 0 Å². The van der Waals surface area contributed by atoms with Gasteiger partial charge in [0.15, 0.2) is 0 Å². The first-order chi connectivity index (χ1) is 4.95. The van der Waals surface area contributed by atoms with Crippen molar-refractivity contribution in [2.75, 3.05) is 13.6 Å². The molecule has 0 aromatic rings. The quantitative estimate of drug-likeness (QED) is 0.647. The Kier molecular flexibility index (Phi) is 3.95. The van der Waals surface area contributed by atoms with Gasteiger partial charge in [0.2, 0.25) is 0 Å². The number of amides is 1. The van der Waals surface area contributed by atoms with E-state index in [4.69, 9.17) is 5.11 Å². The lowest BCUT2D eigenvalue weighted by atomic mass is 10.4. The molecule has 0 heterocycles. The van der Waals surface area contributed by atoms with Gasteiger partial charge in [-0.05, 0) is 6.92 Å². The topological polar surface area (TPSA) is 40.5 Å². The van der Waals surface area contributed by atoms with Gasteiger partial charge in [-0.2, -0.15) is 8.78 Å². The Balaban J connectivity index is 3.83. The molecule has 0 aromatic carbocycles. The molecule has 0 radical (unpaired) electrons. The SMILES string of the molecule is C[C@H](O)CN(C)C(=O)C(F)F. The number of hydrogen-bond acceptors (Lipinski definition) is 2. The van der Waals surface area contributed by atoms with Crippen molar-refractivity contribution in [2.24, 2.45) is 0 Å². The van der Waals surface area contributed by atoms with Crippen LogP contribution in [0.3, 0.4) is 0 Å². The fourth-order valence-electron chi connectivity index (χ4n) is 0.653. The molecule has 1 atom stereocenters. The van der Waals surface area contributed by atoms with Crippen LogP contribution in [0.4, 0.5) is 8.78 Å². The molecular weight excluding hydrogens is 156 g/mol. The highest BCUT2D eigenvalue weighted by Gasteiger charge is 2.20. The summed E-state index contributed by atoms with van der Waals surface area (Å²) in [7, 11) is 1.22. The van der Waals surface area contributed by atoms with Crippen LogP contribution < -0.4 is 0 Å². The second-order valence-electron chi connectivity index (χ2n) is 2.37.